The van der Waals surface area contributed by atoms with Crippen LogP contribution in [0.1, 0.15) is 119 Å². The molecule has 0 saturated heterocycles. The standard InChI is InChI=1S/2C10H23N.C6H14O8S2/c2*1-4-7-9-11(6-3)10-8-5-2;7-15(8,9)13-5-3-1-2-4-6-14-16(10,11)12/h2*4-10H2,1-3H3;1-6H2,(H,7,8,9)(H,10,11,12). The third-order valence-electron chi connectivity index (χ3n) is 5.71. The van der Waals surface area contributed by atoms with E-state index >= 15 is 0 Å². The largest absolute Gasteiger partial charge is 0.397 e. The lowest BCUT2D eigenvalue weighted by atomic mass is 10.2. The molecule has 234 valence electrons. The summed E-state index contributed by atoms with van der Waals surface area (Å²) in [4.78, 5) is 5.10. The Kier molecular flexibility index (Phi) is 32.9. The molecule has 2 N–H and O–H groups in total. The molecule has 0 aliphatic carbocycles. The number of unbranched alkanes of at least 4 members (excludes halogenated alkanes) is 7. The maximum atomic E-state index is 10.1. The van der Waals surface area contributed by atoms with Crippen molar-refractivity contribution < 1.29 is 34.3 Å². The van der Waals surface area contributed by atoms with Crippen LogP contribution in [-0.4, -0.2) is 88.2 Å². The number of hydrogen-bond donors (Lipinski definition) is 2. The fourth-order valence-corrected chi connectivity index (χ4v) is 3.93. The van der Waals surface area contributed by atoms with Crippen molar-refractivity contribution in [3.8, 4) is 0 Å². The average Bonchev–Trinajstić information content (AvgIpc) is 2.85. The van der Waals surface area contributed by atoms with Gasteiger partial charge in [-0.2, -0.15) is 16.8 Å². The molecule has 0 amide bonds. The monoisotopic (exact) mass is 592 g/mol. The first kappa shape index (κ1) is 42.1. The fourth-order valence-electron chi connectivity index (χ4n) is 3.27. The van der Waals surface area contributed by atoms with E-state index in [1.54, 1.807) is 0 Å². The highest BCUT2D eigenvalue weighted by Gasteiger charge is 2.04. The van der Waals surface area contributed by atoms with Crippen molar-refractivity contribution in [3.63, 3.8) is 0 Å². The van der Waals surface area contributed by atoms with Crippen molar-refractivity contribution >= 4 is 20.8 Å². The first-order valence-corrected chi connectivity index (χ1v) is 17.3. The Morgan fingerprint density at radius 1 is 0.474 bits per heavy atom. The van der Waals surface area contributed by atoms with Gasteiger partial charge in [0.05, 0.1) is 13.2 Å². The first-order valence-electron chi connectivity index (χ1n) is 14.6. The van der Waals surface area contributed by atoms with Crippen LogP contribution in [0.3, 0.4) is 0 Å². The number of rotatable bonds is 23. The van der Waals surface area contributed by atoms with Gasteiger partial charge in [-0.25, -0.2) is 8.37 Å². The molecule has 0 aromatic heterocycles. The van der Waals surface area contributed by atoms with Gasteiger partial charge < -0.3 is 9.80 Å². The predicted octanol–water partition coefficient (Wildman–Crippen LogP) is 6.00. The van der Waals surface area contributed by atoms with E-state index in [1.165, 1.54) is 90.6 Å². The van der Waals surface area contributed by atoms with Gasteiger partial charge in [0.15, 0.2) is 0 Å². The molecule has 0 atom stereocenters. The summed E-state index contributed by atoms with van der Waals surface area (Å²) >= 11 is 0. The summed E-state index contributed by atoms with van der Waals surface area (Å²) in [6.07, 6.45) is 12.7. The van der Waals surface area contributed by atoms with E-state index in [1.807, 2.05) is 0 Å². The van der Waals surface area contributed by atoms with Gasteiger partial charge in [-0.05, 0) is 77.8 Å². The summed E-state index contributed by atoms with van der Waals surface area (Å²) in [7, 11) is -8.76. The molecule has 0 aromatic carbocycles. The van der Waals surface area contributed by atoms with Crippen LogP contribution in [0.2, 0.25) is 0 Å². The van der Waals surface area contributed by atoms with E-state index in [2.05, 4.69) is 59.7 Å². The third-order valence-corrected chi connectivity index (χ3v) is 6.64. The molecule has 0 unspecified atom stereocenters. The van der Waals surface area contributed by atoms with Crippen molar-refractivity contribution in [1.29, 1.82) is 0 Å². The van der Waals surface area contributed by atoms with E-state index in [0.717, 1.165) is 0 Å². The van der Waals surface area contributed by atoms with Gasteiger partial charge in [0.2, 0.25) is 0 Å². The van der Waals surface area contributed by atoms with Crippen LogP contribution in [-0.2, 0) is 29.2 Å². The maximum absolute atomic E-state index is 10.1. The molecule has 0 aliphatic rings. The van der Waals surface area contributed by atoms with Gasteiger partial charge in [-0.1, -0.05) is 80.1 Å². The molecule has 0 saturated carbocycles. The zero-order valence-electron chi connectivity index (χ0n) is 25.2. The van der Waals surface area contributed by atoms with Crippen LogP contribution >= 0.6 is 0 Å². The zero-order valence-corrected chi connectivity index (χ0v) is 26.8. The molecular formula is C26H60N2O8S2. The topological polar surface area (TPSA) is 134 Å². The Morgan fingerprint density at radius 3 is 0.921 bits per heavy atom. The number of nitrogens with zero attached hydrogens (tertiary/aromatic N) is 2. The van der Waals surface area contributed by atoms with E-state index in [9.17, 15) is 16.8 Å². The van der Waals surface area contributed by atoms with Gasteiger partial charge >= 0.3 is 20.8 Å². The lowest BCUT2D eigenvalue weighted by Crippen LogP contribution is -2.25. The second-order valence-corrected chi connectivity index (χ2v) is 11.4. The molecule has 0 bridgehead atoms. The molecule has 0 heterocycles. The smallest absolute Gasteiger partial charge is 0.304 e. The van der Waals surface area contributed by atoms with Gasteiger partial charge in [-0.15, -0.1) is 0 Å². The Morgan fingerprint density at radius 2 is 0.737 bits per heavy atom. The molecule has 0 radical (unpaired) electrons. The van der Waals surface area contributed by atoms with Gasteiger partial charge in [-0.3, -0.25) is 9.11 Å². The summed E-state index contributed by atoms with van der Waals surface area (Å²) in [6, 6.07) is 0. The highest BCUT2D eigenvalue weighted by atomic mass is 32.3. The summed E-state index contributed by atoms with van der Waals surface area (Å²) in [5.41, 5.74) is 0. The Balaban J connectivity index is -0.000000498. The van der Waals surface area contributed by atoms with Gasteiger partial charge in [0, 0.05) is 0 Å². The van der Waals surface area contributed by atoms with Gasteiger partial charge in [0.25, 0.3) is 0 Å². The van der Waals surface area contributed by atoms with Crippen LogP contribution < -0.4 is 0 Å². The minimum Gasteiger partial charge on any atom is -0.304 e. The third kappa shape index (κ3) is 40.2. The van der Waals surface area contributed by atoms with Crippen molar-refractivity contribution in [2.75, 3.05) is 52.5 Å². The second-order valence-electron chi connectivity index (χ2n) is 9.20. The first-order chi connectivity index (χ1) is 17.9. The molecular weight excluding hydrogens is 532 g/mol. The van der Waals surface area contributed by atoms with Crippen molar-refractivity contribution in [3.05, 3.63) is 0 Å². The maximum Gasteiger partial charge on any atom is 0.397 e. The Labute approximate surface area is 235 Å². The lowest BCUT2D eigenvalue weighted by Gasteiger charge is -2.19. The molecule has 12 heteroatoms. The normalized spacial score (nSPS) is 11.7. The van der Waals surface area contributed by atoms with Crippen LogP contribution in [0.4, 0.5) is 0 Å². The van der Waals surface area contributed by atoms with E-state index < -0.39 is 20.8 Å². The lowest BCUT2D eigenvalue weighted by molar-refractivity contribution is 0.249. The quantitative estimate of drug-likeness (QED) is 0.107. The van der Waals surface area contributed by atoms with Crippen LogP contribution in [0, 0.1) is 0 Å². The zero-order chi connectivity index (χ0) is 29.7. The summed E-state index contributed by atoms with van der Waals surface area (Å²) in [5, 5.41) is 0. The number of hydrogen-bond acceptors (Lipinski definition) is 8. The van der Waals surface area contributed by atoms with E-state index in [0.29, 0.717) is 25.7 Å². The average molecular weight is 593 g/mol. The minimum absolute atomic E-state index is 0.127. The summed E-state index contributed by atoms with van der Waals surface area (Å²) in [5.74, 6) is 0. The molecule has 0 aliphatic heterocycles. The van der Waals surface area contributed by atoms with Crippen molar-refractivity contribution in [1.82, 2.24) is 9.80 Å². The Bertz CT molecular complexity index is 603. The van der Waals surface area contributed by atoms with E-state index in [-0.39, 0.29) is 13.2 Å². The Hall–Kier alpha value is -0.340. The molecule has 0 rings (SSSR count). The molecule has 0 fully saturated rings. The molecule has 10 nitrogen and oxygen atoms in total. The van der Waals surface area contributed by atoms with Crippen molar-refractivity contribution in [2.45, 2.75) is 119 Å². The molecule has 0 spiro atoms. The second kappa shape index (κ2) is 29.6. The minimum atomic E-state index is -4.38. The summed E-state index contributed by atoms with van der Waals surface area (Å²) < 4.78 is 64.9. The predicted molar refractivity (Wildman–Crippen MR) is 157 cm³/mol. The molecule has 38 heavy (non-hydrogen) atoms. The van der Waals surface area contributed by atoms with Crippen LogP contribution in [0.15, 0.2) is 0 Å². The van der Waals surface area contributed by atoms with Crippen molar-refractivity contribution in [2.24, 2.45) is 0 Å². The summed E-state index contributed by atoms with van der Waals surface area (Å²) in [6.45, 7) is 20.9. The van der Waals surface area contributed by atoms with Crippen LogP contribution in [0.5, 0.6) is 0 Å². The highest BCUT2D eigenvalue weighted by molar-refractivity contribution is 7.81. The van der Waals surface area contributed by atoms with E-state index in [4.69, 9.17) is 9.11 Å². The highest BCUT2D eigenvalue weighted by Crippen LogP contribution is 2.03. The van der Waals surface area contributed by atoms with Gasteiger partial charge in [0.1, 0.15) is 0 Å². The SMILES string of the molecule is CCCCN(CC)CCCC.CCCCN(CC)CCCC.O=S(=O)(O)OCCCCCCOS(=O)(=O)O. The fraction of sp³-hybridized carbons (Fsp3) is 1.00. The van der Waals surface area contributed by atoms with Crippen LogP contribution in [0.25, 0.3) is 0 Å². The molecule has 0 aromatic rings.